The number of piperazine rings is 1. The number of rotatable bonds is 6. The lowest BCUT2D eigenvalue weighted by molar-refractivity contribution is 0.108. The summed E-state index contributed by atoms with van der Waals surface area (Å²) in [7, 11) is 0. The first kappa shape index (κ1) is 19.5. The van der Waals surface area contributed by atoms with E-state index in [0.717, 1.165) is 56.1 Å². The van der Waals surface area contributed by atoms with Gasteiger partial charge in [-0.25, -0.2) is 4.79 Å². The summed E-state index contributed by atoms with van der Waals surface area (Å²) in [5.74, 6) is 0. The van der Waals surface area contributed by atoms with Gasteiger partial charge in [0.25, 0.3) is 0 Å². The van der Waals surface area contributed by atoms with Gasteiger partial charge in [-0.2, -0.15) is 4.98 Å². The number of nitrogens with one attached hydrogen (secondary N) is 1. The van der Waals surface area contributed by atoms with Crippen LogP contribution in [0.1, 0.15) is 5.56 Å². The van der Waals surface area contributed by atoms with E-state index in [1.165, 1.54) is 5.56 Å². The van der Waals surface area contributed by atoms with Crippen molar-refractivity contribution in [3.63, 3.8) is 0 Å². The topological polar surface area (TPSA) is 72.5 Å². The molecule has 2 heterocycles. The monoisotopic (exact) mass is 390 g/mol. The molecule has 0 spiro atoms. The molecule has 0 amide bonds. The second kappa shape index (κ2) is 9.13. The first-order valence-electron chi connectivity index (χ1n) is 10.0. The summed E-state index contributed by atoms with van der Waals surface area (Å²) >= 11 is 0. The predicted octanol–water partition coefficient (Wildman–Crippen LogP) is 2.21. The van der Waals surface area contributed by atoms with E-state index in [1.54, 1.807) is 0 Å². The van der Waals surface area contributed by atoms with Crippen LogP contribution in [0.2, 0.25) is 0 Å². The van der Waals surface area contributed by atoms with Crippen LogP contribution in [-0.2, 0) is 6.54 Å². The number of aliphatic hydroxyl groups is 1. The number of nitrogens with zero attached hydrogens (tertiary/aromatic N) is 3. The summed E-state index contributed by atoms with van der Waals surface area (Å²) in [6.07, 6.45) is 0. The fraction of sp³-hybridized carbons (Fsp3) is 0.304. The maximum absolute atomic E-state index is 12.1. The first-order valence-corrected chi connectivity index (χ1v) is 10.0. The molecule has 2 N–H and O–H groups in total. The fourth-order valence-corrected chi connectivity index (χ4v) is 3.73. The molecule has 150 valence electrons. The molecule has 6 heteroatoms. The van der Waals surface area contributed by atoms with Crippen LogP contribution in [0.4, 0.5) is 0 Å². The minimum absolute atomic E-state index is 0.226. The highest BCUT2D eigenvalue weighted by Gasteiger charge is 2.16. The molecule has 29 heavy (non-hydrogen) atoms. The molecular formula is C23H26N4O2. The van der Waals surface area contributed by atoms with Gasteiger partial charge in [0.05, 0.1) is 18.0 Å². The summed E-state index contributed by atoms with van der Waals surface area (Å²) in [5.41, 5.74) is 4.25. The number of benzene rings is 2. The molecule has 0 radical (unpaired) electrons. The van der Waals surface area contributed by atoms with E-state index in [4.69, 9.17) is 5.11 Å². The van der Waals surface area contributed by atoms with Crippen LogP contribution in [-0.4, -0.2) is 64.2 Å². The van der Waals surface area contributed by atoms with Gasteiger partial charge in [-0.1, -0.05) is 54.6 Å². The molecule has 1 aliphatic heterocycles. The number of hydrogen-bond donors (Lipinski definition) is 2. The van der Waals surface area contributed by atoms with Crippen molar-refractivity contribution in [2.24, 2.45) is 0 Å². The van der Waals surface area contributed by atoms with Gasteiger partial charge < -0.3 is 10.1 Å². The van der Waals surface area contributed by atoms with Crippen LogP contribution in [0.25, 0.3) is 22.5 Å². The minimum atomic E-state index is -0.342. The molecule has 0 atom stereocenters. The van der Waals surface area contributed by atoms with Gasteiger partial charge in [0.1, 0.15) is 0 Å². The third-order valence-corrected chi connectivity index (χ3v) is 5.37. The molecule has 1 aliphatic rings. The van der Waals surface area contributed by atoms with Crippen molar-refractivity contribution < 1.29 is 5.11 Å². The van der Waals surface area contributed by atoms with Crippen LogP contribution in [0.5, 0.6) is 0 Å². The van der Waals surface area contributed by atoms with E-state index < -0.39 is 0 Å². The molecule has 1 fully saturated rings. The Hall–Kier alpha value is -2.80. The number of aliphatic hydroxyl groups excluding tert-OH is 1. The van der Waals surface area contributed by atoms with E-state index in [-0.39, 0.29) is 12.3 Å². The van der Waals surface area contributed by atoms with E-state index in [2.05, 4.69) is 31.9 Å². The molecule has 0 bridgehead atoms. The average molecular weight is 390 g/mol. The Morgan fingerprint density at radius 3 is 2.28 bits per heavy atom. The zero-order valence-electron chi connectivity index (χ0n) is 16.4. The third kappa shape index (κ3) is 4.98. The normalized spacial score (nSPS) is 15.5. The smallest absolute Gasteiger partial charge is 0.345 e. The molecule has 0 unspecified atom stereocenters. The van der Waals surface area contributed by atoms with Crippen molar-refractivity contribution in [3.8, 4) is 22.5 Å². The molecule has 3 aromatic rings. The van der Waals surface area contributed by atoms with E-state index in [1.807, 2.05) is 48.5 Å². The Bertz CT molecular complexity index is 978. The van der Waals surface area contributed by atoms with Crippen molar-refractivity contribution in [2.75, 3.05) is 39.3 Å². The SMILES string of the molecule is O=c1nc(-c2ccc(CN3CCN(CCO)CC3)cc2)cc(-c2ccccc2)[nH]1. The van der Waals surface area contributed by atoms with Crippen LogP contribution in [0.3, 0.4) is 0 Å². The highest BCUT2D eigenvalue weighted by atomic mass is 16.3. The number of aromatic amines is 1. The molecule has 6 nitrogen and oxygen atoms in total. The lowest BCUT2D eigenvalue weighted by Gasteiger charge is -2.34. The maximum atomic E-state index is 12.1. The van der Waals surface area contributed by atoms with Crippen LogP contribution in [0.15, 0.2) is 65.5 Å². The second-order valence-corrected chi connectivity index (χ2v) is 7.39. The van der Waals surface area contributed by atoms with E-state index in [0.29, 0.717) is 5.69 Å². The largest absolute Gasteiger partial charge is 0.395 e. The summed E-state index contributed by atoms with van der Waals surface area (Å²) < 4.78 is 0. The highest BCUT2D eigenvalue weighted by molar-refractivity contribution is 5.67. The lowest BCUT2D eigenvalue weighted by Crippen LogP contribution is -2.46. The molecule has 1 aromatic heterocycles. The van der Waals surface area contributed by atoms with Crippen molar-refractivity contribution in [1.29, 1.82) is 0 Å². The Balaban J connectivity index is 1.46. The van der Waals surface area contributed by atoms with Gasteiger partial charge in [-0.15, -0.1) is 0 Å². The number of aromatic nitrogens is 2. The second-order valence-electron chi connectivity index (χ2n) is 7.39. The molecular weight excluding hydrogens is 364 g/mol. The van der Waals surface area contributed by atoms with Gasteiger partial charge in [0.2, 0.25) is 0 Å². The lowest BCUT2D eigenvalue weighted by atomic mass is 10.1. The third-order valence-electron chi connectivity index (χ3n) is 5.37. The van der Waals surface area contributed by atoms with Gasteiger partial charge >= 0.3 is 5.69 Å². The zero-order valence-corrected chi connectivity index (χ0v) is 16.4. The Labute approximate surface area is 170 Å². The van der Waals surface area contributed by atoms with Gasteiger partial charge in [0.15, 0.2) is 0 Å². The van der Waals surface area contributed by atoms with Gasteiger partial charge in [-0.3, -0.25) is 9.80 Å². The molecule has 0 aliphatic carbocycles. The highest BCUT2D eigenvalue weighted by Crippen LogP contribution is 2.22. The van der Waals surface area contributed by atoms with E-state index >= 15 is 0 Å². The average Bonchev–Trinajstić information content (AvgIpc) is 2.76. The molecule has 2 aromatic carbocycles. The number of hydrogen-bond acceptors (Lipinski definition) is 5. The molecule has 1 saturated heterocycles. The summed E-state index contributed by atoms with van der Waals surface area (Å²) in [6.45, 7) is 5.91. The van der Waals surface area contributed by atoms with Crippen LogP contribution >= 0.6 is 0 Å². The summed E-state index contributed by atoms with van der Waals surface area (Å²) in [6, 6.07) is 20.0. The molecule has 4 rings (SSSR count). The van der Waals surface area contributed by atoms with Crippen molar-refractivity contribution in [1.82, 2.24) is 19.8 Å². The van der Waals surface area contributed by atoms with Gasteiger partial charge in [-0.05, 0) is 17.2 Å². The fourth-order valence-electron chi connectivity index (χ4n) is 3.73. The van der Waals surface area contributed by atoms with Crippen molar-refractivity contribution in [2.45, 2.75) is 6.54 Å². The zero-order chi connectivity index (χ0) is 20.1. The van der Waals surface area contributed by atoms with E-state index in [9.17, 15) is 4.79 Å². The van der Waals surface area contributed by atoms with Crippen molar-refractivity contribution >= 4 is 0 Å². The Morgan fingerprint density at radius 2 is 1.59 bits per heavy atom. The summed E-state index contributed by atoms with van der Waals surface area (Å²) in [5, 5.41) is 9.06. The minimum Gasteiger partial charge on any atom is -0.395 e. The maximum Gasteiger partial charge on any atom is 0.345 e. The number of β-amino-alcohol motifs (C(OH)–C–C–N with tert-alkyl or cyclic N) is 1. The summed E-state index contributed by atoms with van der Waals surface area (Å²) in [4.78, 5) is 23.8. The number of H-pyrrole nitrogens is 1. The first-order chi connectivity index (χ1) is 14.2. The predicted molar refractivity (Wildman–Crippen MR) is 115 cm³/mol. The molecule has 0 saturated carbocycles. The van der Waals surface area contributed by atoms with Crippen LogP contribution in [0, 0.1) is 0 Å². The Kier molecular flexibility index (Phi) is 6.14. The quantitative estimate of drug-likeness (QED) is 0.675. The standard InChI is InChI=1S/C23H26N4O2/c28-15-14-26-10-12-27(13-11-26)17-18-6-8-20(9-7-18)22-16-21(24-23(29)25-22)19-4-2-1-3-5-19/h1-9,16,28H,10-15,17H2,(H,24,25,29). The van der Waals surface area contributed by atoms with Crippen LogP contribution < -0.4 is 5.69 Å². The van der Waals surface area contributed by atoms with Crippen molar-refractivity contribution in [3.05, 3.63) is 76.7 Å². The Morgan fingerprint density at radius 1 is 0.897 bits per heavy atom. The van der Waals surface area contributed by atoms with Gasteiger partial charge in [0, 0.05) is 44.8 Å².